The second-order valence-corrected chi connectivity index (χ2v) is 9.04. The van der Waals surface area contributed by atoms with Gasteiger partial charge in [-0.05, 0) is 50.1 Å². The minimum atomic E-state index is -3.49. The Bertz CT molecular complexity index is 1100. The number of hydrogen-bond donors (Lipinski definition) is 2. The summed E-state index contributed by atoms with van der Waals surface area (Å²) in [5.41, 5.74) is 3.21. The van der Waals surface area contributed by atoms with Gasteiger partial charge >= 0.3 is 0 Å². The molecule has 3 aromatic rings. The number of rotatable bonds is 4. The molecule has 1 saturated heterocycles. The Morgan fingerprint density at radius 2 is 1.86 bits per heavy atom. The number of amides is 1. The molecule has 146 valence electrons. The van der Waals surface area contributed by atoms with Gasteiger partial charge in [-0.15, -0.1) is 0 Å². The standard InChI is InChI=1S/C20H22N4O3S/c1-14-2-5-17(6-3-14)28(26,27)24-10-8-16(9-11-24)23-20(25)15-4-7-18-19(12-15)22-13-21-18/h2-7,12-13,16H,8-11H2,1H3,(H,21,22)(H,23,25). The van der Waals surface area contributed by atoms with Crippen LogP contribution >= 0.6 is 0 Å². The average Bonchev–Trinajstić information content (AvgIpc) is 3.16. The Hall–Kier alpha value is -2.71. The normalized spacial score (nSPS) is 16.3. The number of hydrogen-bond acceptors (Lipinski definition) is 4. The van der Waals surface area contributed by atoms with Crippen LogP contribution < -0.4 is 5.32 Å². The van der Waals surface area contributed by atoms with Gasteiger partial charge in [-0.25, -0.2) is 13.4 Å². The van der Waals surface area contributed by atoms with Crippen molar-refractivity contribution < 1.29 is 13.2 Å². The summed E-state index contributed by atoms with van der Waals surface area (Å²) in [5, 5.41) is 3.02. The van der Waals surface area contributed by atoms with Crippen molar-refractivity contribution in [1.82, 2.24) is 19.6 Å². The molecule has 1 aliphatic heterocycles. The molecule has 1 amide bonds. The highest BCUT2D eigenvalue weighted by atomic mass is 32.2. The van der Waals surface area contributed by atoms with E-state index in [2.05, 4.69) is 15.3 Å². The maximum absolute atomic E-state index is 12.8. The van der Waals surface area contributed by atoms with Crippen molar-refractivity contribution in [3.63, 3.8) is 0 Å². The number of imidazole rings is 1. The van der Waals surface area contributed by atoms with E-state index in [-0.39, 0.29) is 11.9 Å². The topological polar surface area (TPSA) is 95.2 Å². The number of sulfonamides is 1. The Morgan fingerprint density at radius 3 is 2.57 bits per heavy atom. The van der Waals surface area contributed by atoms with Gasteiger partial charge < -0.3 is 10.3 Å². The fraction of sp³-hybridized carbons (Fsp3) is 0.300. The van der Waals surface area contributed by atoms with Gasteiger partial charge in [0.15, 0.2) is 0 Å². The molecule has 4 rings (SSSR count). The molecule has 0 spiro atoms. The van der Waals surface area contributed by atoms with Crippen LogP contribution in [0.1, 0.15) is 28.8 Å². The van der Waals surface area contributed by atoms with Crippen LogP contribution in [0, 0.1) is 6.92 Å². The van der Waals surface area contributed by atoms with Crippen molar-refractivity contribution >= 4 is 27.0 Å². The summed E-state index contributed by atoms with van der Waals surface area (Å²) in [6.45, 7) is 2.70. The van der Waals surface area contributed by atoms with E-state index in [0.717, 1.165) is 16.6 Å². The van der Waals surface area contributed by atoms with Crippen LogP contribution in [0.5, 0.6) is 0 Å². The lowest BCUT2D eigenvalue weighted by Crippen LogP contribution is -2.46. The van der Waals surface area contributed by atoms with Gasteiger partial charge in [0.25, 0.3) is 5.91 Å². The number of benzene rings is 2. The van der Waals surface area contributed by atoms with Crippen molar-refractivity contribution in [2.75, 3.05) is 13.1 Å². The summed E-state index contributed by atoms with van der Waals surface area (Å²) in [4.78, 5) is 20.0. The second-order valence-electron chi connectivity index (χ2n) is 7.10. The van der Waals surface area contributed by atoms with E-state index >= 15 is 0 Å². The zero-order chi connectivity index (χ0) is 19.7. The van der Waals surface area contributed by atoms with Gasteiger partial charge in [-0.1, -0.05) is 17.7 Å². The van der Waals surface area contributed by atoms with Crippen LogP contribution in [0.3, 0.4) is 0 Å². The first-order valence-electron chi connectivity index (χ1n) is 9.24. The first-order valence-corrected chi connectivity index (χ1v) is 10.7. The fourth-order valence-electron chi connectivity index (χ4n) is 3.45. The molecule has 0 aliphatic carbocycles. The number of aryl methyl sites for hydroxylation is 1. The Balaban J connectivity index is 1.38. The second kappa shape index (κ2) is 7.37. The van der Waals surface area contributed by atoms with Crippen LogP contribution in [0.15, 0.2) is 53.7 Å². The summed E-state index contributed by atoms with van der Waals surface area (Å²) < 4.78 is 27.1. The SMILES string of the molecule is Cc1ccc(S(=O)(=O)N2CCC(NC(=O)c3ccc4nc[nH]c4c3)CC2)cc1. The van der Waals surface area contributed by atoms with E-state index in [9.17, 15) is 13.2 Å². The number of piperidine rings is 1. The minimum Gasteiger partial charge on any atom is -0.349 e. The number of H-pyrrole nitrogens is 1. The fourth-order valence-corrected chi connectivity index (χ4v) is 4.92. The summed E-state index contributed by atoms with van der Waals surface area (Å²) >= 11 is 0. The molecule has 0 radical (unpaired) electrons. The third kappa shape index (κ3) is 3.65. The lowest BCUT2D eigenvalue weighted by molar-refractivity contribution is 0.0924. The maximum Gasteiger partial charge on any atom is 0.251 e. The zero-order valence-corrected chi connectivity index (χ0v) is 16.4. The molecule has 0 unspecified atom stereocenters. The number of nitrogens with zero attached hydrogens (tertiary/aromatic N) is 2. The van der Waals surface area contributed by atoms with Crippen LogP contribution in [0.4, 0.5) is 0 Å². The van der Waals surface area contributed by atoms with E-state index in [1.807, 2.05) is 6.92 Å². The largest absolute Gasteiger partial charge is 0.349 e. The van der Waals surface area contributed by atoms with Crippen LogP contribution in [-0.2, 0) is 10.0 Å². The quantitative estimate of drug-likeness (QED) is 0.706. The van der Waals surface area contributed by atoms with E-state index in [0.29, 0.717) is 36.4 Å². The van der Waals surface area contributed by atoms with E-state index in [1.54, 1.807) is 48.8 Å². The molecule has 0 bridgehead atoms. The van der Waals surface area contributed by atoms with Crippen molar-refractivity contribution in [3.8, 4) is 0 Å². The molecule has 2 N–H and O–H groups in total. The predicted molar refractivity (Wildman–Crippen MR) is 107 cm³/mol. The summed E-state index contributed by atoms with van der Waals surface area (Å²) in [6, 6.07) is 12.2. The summed E-state index contributed by atoms with van der Waals surface area (Å²) in [7, 11) is -3.49. The average molecular weight is 398 g/mol. The number of fused-ring (bicyclic) bond motifs is 1. The molecule has 0 atom stereocenters. The first kappa shape index (κ1) is 18.6. The summed E-state index contributed by atoms with van der Waals surface area (Å²) in [5.74, 6) is -0.156. The van der Waals surface area contributed by atoms with E-state index in [4.69, 9.17) is 0 Å². The zero-order valence-electron chi connectivity index (χ0n) is 15.6. The van der Waals surface area contributed by atoms with Gasteiger partial charge in [-0.3, -0.25) is 4.79 Å². The van der Waals surface area contributed by atoms with Crippen molar-refractivity contribution in [2.45, 2.75) is 30.7 Å². The third-order valence-electron chi connectivity index (χ3n) is 5.13. The molecular weight excluding hydrogens is 376 g/mol. The molecular formula is C20H22N4O3S. The van der Waals surface area contributed by atoms with Gasteiger partial charge in [-0.2, -0.15) is 4.31 Å². The monoisotopic (exact) mass is 398 g/mol. The Morgan fingerprint density at radius 1 is 1.14 bits per heavy atom. The molecule has 2 heterocycles. The van der Waals surface area contributed by atoms with E-state index in [1.165, 1.54) is 4.31 Å². The lowest BCUT2D eigenvalue weighted by atomic mass is 10.1. The van der Waals surface area contributed by atoms with Gasteiger partial charge in [0, 0.05) is 24.7 Å². The maximum atomic E-state index is 12.8. The predicted octanol–water partition coefficient (Wildman–Crippen LogP) is 2.45. The summed E-state index contributed by atoms with van der Waals surface area (Å²) in [6.07, 6.45) is 2.77. The van der Waals surface area contributed by atoms with E-state index < -0.39 is 10.0 Å². The third-order valence-corrected chi connectivity index (χ3v) is 7.04. The molecule has 1 aliphatic rings. The Labute approximate surface area is 163 Å². The molecule has 28 heavy (non-hydrogen) atoms. The molecule has 0 saturated carbocycles. The molecule has 8 heteroatoms. The van der Waals surface area contributed by atoms with Gasteiger partial charge in [0.2, 0.25) is 10.0 Å². The Kier molecular flexibility index (Phi) is 4.91. The molecule has 2 aromatic carbocycles. The van der Waals surface area contributed by atoms with Gasteiger partial charge in [0.1, 0.15) is 0 Å². The van der Waals surface area contributed by atoms with Crippen LogP contribution in [0.2, 0.25) is 0 Å². The van der Waals surface area contributed by atoms with Gasteiger partial charge in [0.05, 0.1) is 22.3 Å². The number of carbonyl (C=O) groups is 1. The highest BCUT2D eigenvalue weighted by Gasteiger charge is 2.30. The smallest absolute Gasteiger partial charge is 0.251 e. The van der Waals surface area contributed by atoms with Crippen molar-refractivity contribution in [3.05, 3.63) is 59.9 Å². The molecule has 1 fully saturated rings. The number of aromatic amines is 1. The highest BCUT2D eigenvalue weighted by Crippen LogP contribution is 2.21. The first-order chi connectivity index (χ1) is 13.4. The molecule has 1 aromatic heterocycles. The number of carbonyl (C=O) groups excluding carboxylic acids is 1. The lowest BCUT2D eigenvalue weighted by Gasteiger charge is -2.31. The highest BCUT2D eigenvalue weighted by molar-refractivity contribution is 7.89. The minimum absolute atomic E-state index is 0.0468. The molecule has 7 nitrogen and oxygen atoms in total. The van der Waals surface area contributed by atoms with Crippen LogP contribution in [0.25, 0.3) is 11.0 Å². The van der Waals surface area contributed by atoms with Crippen molar-refractivity contribution in [2.24, 2.45) is 0 Å². The van der Waals surface area contributed by atoms with Crippen LogP contribution in [-0.4, -0.2) is 47.7 Å². The number of nitrogens with one attached hydrogen (secondary N) is 2. The van der Waals surface area contributed by atoms with Crippen molar-refractivity contribution in [1.29, 1.82) is 0 Å². The number of aromatic nitrogens is 2.